The Hall–Kier alpha value is -2.17. The number of nitro groups is 1. The van der Waals surface area contributed by atoms with Gasteiger partial charge in [-0.2, -0.15) is 0 Å². The SMILES string of the molecule is Cc1cc2c(NCCC3CCC3)ccc([N+](=O)[O-])c2cn1. The molecule has 1 N–H and O–H groups in total. The summed E-state index contributed by atoms with van der Waals surface area (Å²) in [5.74, 6) is 0.852. The van der Waals surface area contributed by atoms with Crippen molar-refractivity contribution in [3.8, 4) is 0 Å². The summed E-state index contributed by atoms with van der Waals surface area (Å²) in [7, 11) is 0. The summed E-state index contributed by atoms with van der Waals surface area (Å²) < 4.78 is 0. The van der Waals surface area contributed by atoms with E-state index in [1.165, 1.54) is 25.7 Å². The van der Waals surface area contributed by atoms with Crippen molar-refractivity contribution in [2.75, 3.05) is 11.9 Å². The Morgan fingerprint density at radius 2 is 2.19 bits per heavy atom. The van der Waals surface area contributed by atoms with Crippen LogP contribution in [0.25, 0.3) is 10.8 Å². The van der Waals surface area contributed by atoms with Crippen LogP contribution in [-0.2, 0) is 0 Å². The van der Waals surface area contributed by atoms with Gasteiger partial charge in [0, 0.05) is 35.6 Å². The van der Waals surface area contributed by atoms with Crippen LogP contribution < -0.4 is 5.32 Å². The van der Waals surface area contributed by atoms with Crippen LogP contribution in [0.2, 0.25) is 0 Å². The van der Waals surface area contributed by atoms with Crippen molar-refractivity contribution in [1.29, 1.82) is 0 Å². The number of non-ortho nitro benzene ring substituents is 1. The summed E-state index contributed by atoms with van der Waals surface area (Å²) >= 11 is 0. The zero-order chi connectivity index (χ0) is 14.8. The van der Waals surface area contributed by atoms with Crippen LogP contribution in [0.4, 0.5) is 11.4 Å². The first kappa shape index (κ1) is 13.8. The lowest BCUT2D eigenvalue weighted by molar-refractivity contribution is -0.383. The summed E-state index contributed by atoms with van der Waals surface area (Å²) in [5.41, 5.74) is 1.94. The lowest BCUT2D eigenvalue weighted by Crippen LogP contribution is -2.15. The Balaban J connectivity index is 1.88. The van der Waals surface area contributed by atoms with Gasteiger partial charge >= 0.3 is 0 Å². The molecular weight excluding hydrogens is 266 g/mol. The molecule has 5 nitrogen and oxygen atoms in total. The van der Waals surface area contributed by atoms with Gasteiger partial charge in [-0.05, 0) is 31.4 Å². The second-order valence-electron chi connectivity index (χ2n) is 5.77. The standard InChI is InChI=1S/C16H19N3O2/c1-11-9-13-14(10-18-11)16(19(20)21)6-5-15(13)17-8-7-12-3-2-4-12/h5-6,9-10,12,17H,2-4,7-8H2,1H3. The highest BCUT2D eigenvalue weighted by atomic mass is 16.6. The van der Waals surface area contributed by atoms with Gasteiger partial charge in [0.15, 0.2) is 0 Å². The number of rotatable bonds is 5. The van der Waals surface area contributed by atoms with E-state index in [1.807, 2.05) is 13.0 Å². The third-order valence-electron chi connectivity index (χ3n) is 4.30. The molecule has 0 spiro atoms. The molecule has 2 aromatic rings. The fraction of sp³-hybridized carbons (Fsp3) is 0.438. The summed E-state index contributed by atoms with van der Waals surface area (Å²) in [6, 6.07) is 5.28. The van der Waals surface area contributed by atoms with Crippen LogP contribution >= 0.6 is 0 Å². The summed E-state index contributed by atoms with van der Waals surface area (Å²) in [4.78, 5) is 15.0. The molecule has 1 aliphatic carbocycles. The molecule has 0 unspecified atom stereocenters. The minimum absolute atomic E-state index is 0.113. The number of benzene rings is 1. The minimum Gasteiger partial charge on any atom is -0.385 e. The van der Waals surface area contributed by atoms with Gasteiger partial charge in [0.25, 0.3) is 5.69 Å². The highest BCUT2D eigenvalue weighted by Crippen LogP contribution is 2.32. The van der Waals surface area contributed by atoms with Gasteiger partial charge < -0.3 is 5.32 Å². The Labute approximate surface area is 123 Å². The average molecular weight is 285 g/mol. The van der Waals surface area contributed by atoms with Gasteiger partial charge in [-0.15, -0.1) is 0 Å². The number of nitrogens with one attached hydrogen (secondary N) is 1. The minimum atomic E-state index is -0.350. The largest absolute Gasteiger partial charge is 0.385 e. The number of nitro benzene ring substituents is 1. The Bertz CT molecular complexity index is 681. The van der Waals surface area contributed by atoms with E-state index in [0.29, 0.717) is 5.39 Å². The van der Waals surface area contributed by atoms with Crippen LogP contribution in [0.3, 0.4) is 0 Å². The van der Waals surface area contributed by atoms with Crippen molar-refractivity contribution >= 4 is 22.1 Å². The Morgan fingerprint density at radius 3 is 2.86 bits per heavy atom. The summed E-state index contributed by atoms with van der Waals surface area (Å²) in [6.07, 6.45) is 6.80. The topological polar surface area (TPSA) is 68.1 Å². The van der Waals surface area contributed by atoms with Gasteiger partial charge in [-0.25, -0.2) is 0 Å². The number of aryl methyl sites for hydroxylation is 1. The van der Waals surface area contributed by atoms with Crippen LogP contribution in [0.1, 0.15) is 31.4 Å². The molecule has 1 saturated carbocycles. The first-order valence-electron chi connectivity index (χ1n) is 7.43. The molecule has 1 aromatic carbocycles. The number of nitrogens with zero attached hydrogens (tertiary/aromatic N) is 2. The molecule has 1 aromatic heterocycles. The molecule has 1 aliphatic rings. The molecule has 0 atom stereocenters. The van der Waals surface area contributed by atoms with Crippen molar-refractivity contribution in [1.82, 2.24) is 4.98 Å². The quantitative estimate of drug-likeness (QED) is 0.664. The predicted octanol–water partition coefficient (Wildman–Crippen LogP) is 4.05. The molecule has 1 fully saturated rings. The van der Waals surface area contributed by atoms with Crippen LogP contribution in [0.5, 0.6) is 0 Å². The molecule has 110 valence electrons. The average Bonchev–Trinajstić information content (AvgIpc) is 2.41. The molecule has 0 saturated heterocycles. The number of aromatic nitrogens is 1. The van der Waals surface area contributed by atoms with E-state index in [1.54, 1.807) is 18.3 Å². The molecular formula is C16H19N3O2. The molecule has 21 heavy (non-hydrogen) atoms. The molecule has 3 rings (SSSR count). The second-order valence-corrected chi connectivity index (χ2v) is 5.77. The molecule has 0 bridgehead atoms. The first-order valence-corrected chi connectivity index (χ1v) is 7.43. The second kappa shape index (κ2) is 5.68. The zero-order valence-corrected chi connectivity index (χ0v) is 12.1. The predicted molar refractivity (Wildman–Crippen MR) is 83.6 cm³/mol. The van der Waals surface area contributed by atoms with Gasteiger partial charge in [0.05, 0.1) is 10.3 Å². The number of pyridine rings is 1. The van der Waals surface area contributed by atoms with E-state index < -0.39 is 0 Å². The molecule has 5 heteroatoms. The van der Waals surface area contributed by atoms with E-state index in [-0.39, 0.29) is 10.6 Å². The zero-order valence-electron chi connectivity index (χ0n) is 12.1. The van der Waals surface area contributed by atoms with Gasteiger partial charge in [-0.3, -0.25) is 15.1 Å². The number of hydrogen-bond acceptors (Lipinski definition) is 4. The Kier molecular flexibility index (Phi) is 3.73. The summed E-state index contributed by atoms with van der Waals surface area (Å²) in [6.45, 7) is 2.81. The number of fused-ring (bicyclic) bond motifs is 1. The molecule has 0 aliphatic heterocycles. The monoisotopic (exact) mass is 285 g/mol. The third kappa shape index (κ3) is 2.82. The van der Waals surface area contributed by atoms with Crippen molar-refractivity contribution < 1.29 is 4.92 Å². The van der Waals surface area contributed by atoms with Crippen molar-refractivity contribution in [2.45, 2.75) is 32.6 Å². The van der Waals surface area contributed by atoms with Crippen molar-refractivity contribution in [3.05, 3.63) is 40.2 Å². The van der Waals surface area contributed by atoms with Crippen LogP contribution in [0.15, 0.2) is 24.4 Å². The normalized spacial score (nSPS) is 14.9. The smallest absolute Gasteiger partial charge is 0.278 e. The summed E-state index contributed by atoms with van der Waals surface area (Å²) in [5, 5.41) is 16.0. The maximum Gasteiger partial charge on any atom is 0.278 e. The van der Waals surface area contributed by atoms with E-state index in [4.69, 9.17) is 0 Å². The molecule has 0 radical (unpaired) electrons. The molecule has 1 heterocycles. The lowest BCUT2D eigenvalue weighted by Gasteiger charge is -2.25. The van der Waals surface area contributed by atoms with E-state index in [0.717, 1.165) is 29.2 Å². The molecule has 0 amide bonds. The van der Waals surface area contributed by atoms with Crippen LogP contribution in [-0.4, -0.2) is 16.5 Å². The van der Waals surface area contributed by atoms with E-state index in [2.05, 4.69) is 10.3 Å². The van der Waals surface area contributed by atoms with E-state index >= 15 is 0 Å². The number of hydrogen-bond donors (Lipinski definition) is 1. The maximum absolute atomic E-state index is 11.1. The highest BCUT2D eigenvalue weighted by molar-refractivity contribution is 5.99. The van der Waals surface area contributed by atoms with Crippen molar-refractivity contribution in [3.63, 3.8) is 0 Å². The fourth-order valence-electron chi connectivity index (χ4n) is 2.83. The highest BCUT2D eigenvalue weighted by Gasteiger charge is 2.18. The van der Waals surface area contributed by atoms with Gasteiger partial charge in [0.2, 0.25) is 0 Å². The van der Waals surface area contributed by atoms with E-state index in [9.17, 15) is 10.1 Å². The Morgan fingerprint density at radius 1 is 1.38 bits per heavy atom. The fourth-order valence-corrected chi connectivity index (χ4v) is 2.83. The van der Waals surface area contributed by atoms with Gasteiger partial charge in [0.1, 0.15) is 0 Å². The lowest BCUT2D eigenvalue weighted by atomic mass is 9.83. The van der Waals surface area contributed by atoms with Crippen LogP contribution in [0, 0.1) is 23.0 Å². The third-order valence-corrected chi connectivity index (χ3v) is 4.30. The van der Waals surface area contributed by atoms with Gasteiger partial charge in [-0.1, -0.05) is 19.3 Å². The number of anilines is 1. The first-order chi connectivity index (χ1) is 10.1. The maximum atomic E-state index is 11.1. The van der Waals surface area contributed by atoms with Crippen molar-refractivity contribution in [2.24, 2.45) is 5.92 Å².